The normalized spacial score (nSPS) is 26.0. The Labute approximate surface area is 163 Å². The predicted molar refractivity (Wildman–Crippen MR) is 99.2 cm³/mol. The Morgan fingerprint density at radius 3 is 2.68 bits per heavy atom. The lowest BCUT2D eigenvalue weighted by atomic mass is 9.85. The first-order valence-electron chi connectivity index (χ1n) is 9.70. The van der Waals surface area contributed by atoms with E-state index in [9.17, 15) is 18.0 Å². The van der Waals surface area contributed by atoms with Gasteiger partial charge >= 0.3 is 6.18 Å². The number of hydrogen-bond donors (Lipinski definition) is 1. The number of amides is 1. The summed E-state index contributed by atoms with van der Waals surface area (Å²) in [5, 5.41) is 7.55. The second-order valence-electron chi connectivity index (χ2n) is 8.83. The van der Waals surface area contributed by atoms with Crippen molar-refractivity contribution in [3.8, 4) is 0 Å². The van der Waals surface area contributed by atoms with E-state index in [2.05, 4.69) is 10.4 Å². The second kappa shape index (κ2) is 7.57. The van der Waals surface area contributed by atoms with Crippen LogP contribution < -0.4 is 5.32 Å². The molecule has 158 valence electrons. The maximum absolute atomic E-state index is 13.8. The van der Waals surface area contributed by atoms with Crippen LogP contribution in [0.4, 0.5) is 19.0 Å². The number of alkyl halides is 3. The lowest BCUT2D eigenvalue weighted by molar-refractivity contribution is -0.175. The van der Waals surface area contributed by atoms with E-state index in [0.717, 1.165) is 17.5 Å². The second-order valence-corrected chi connectivity index (χ2v) is 8.83. The predicted octanol–water partition coefficient (Wildman–Crippen LogP) is 3.35. The molecule has 1 unspecified atom stereocenters. The molecule has 9 heteroatoms. The Hall–Kier alpha value is -1.77. The number of methoxy groups -OCH3 is 1. The number of halogens is 3. The van der Waals surface area contributed by atoms with Gasteiger partial charge in [-0.2, -0.15) is 18.3 Å². The van der Waals surface area contributed by atoms with Crippen molar-refractivity contribution in [2.75, 3.05) is 32.1 Å². The van der Waals surface area contributed by atoms with Crippen molar-refractivity contribution >= 4 is 11.7 Å². The van der Waals surface area contributed by atoms with Gasteiger partial charge in [-0.15, -0.1) is 0 Å². The van der Waals surface area contributed by atoms with Crippen LogP contribution in [0.15, 0.2) is 6.07 Å². The molecule has 28 heavy (non-hydrogen) atoms. The summed E-state index contributed by atoms with van der Waals surface area (Å²) in [6, 6.07) is -0.293. The summed E-state index contributed by atoms with van der Waals surface area (Å²) in [6.45, 7) is 6.87. The van der Waals surface area contributed by atoms with Gasteiger partial charge in [0.2, 0.25) is 5.91 Å². The van der Waals surface area contributed by atoms with Crippen LogP contribution in [-0.4, -0.2) is 59.6 Å². The number of hydrogen-bond acceptors (Lipinski definition) is 4. The highest BCUT2D eigenvalue weighted by atomic mass is 19.4. The zero-order chi connectivity index (χ0) is 20.7. The summed E-state index contributed by atoms with van der Waals surface area (Å²) in [4.78, 5) is 13.9. The molecule has 0 spiro atoms. The summed E-state index contributed by atoms with van der Waals surface area (Å²) in [6.07, 6.45) is -2.89. The molecule has 1 amide bonds. The number of rotatable bonds is 3. The smallest absolute Gasteiger partial charge is 0.375 e. The third-order valence-electron chi connectivity index (χ3n) is 5.64. The minimum atomic E-state index is -4.38. The molecule has 1 N–H and O–H groups in total. The highest BCUT2D eigenvalue weighted by Gasteiger charge is 2.48. The zero-order valence-electron chi connectivity index (χ0n) is 16.8. The molecule has 0 aromatic carbocycles. The van der Waals surface area contributed by atoms with Crippen LogP contribution in [0.1, 0.15) is 51.8 Å². The number of carbonyl (C=O) groups is 1. The monoisotopic (exact) mass is 402 g/mol. The van der Waals surface area contributed by atoms with E-state index in [-0.39, 0.29) is 36.3 Å². The minimum Gasteiger partial charge on any atom is -0.375 e. The Morgan fingerprint density at radius 2 is 2.07 bits per heavy atom. The first-order chi connectivity index (χ1) is 13.0. The van der Waals surface area contributed by atoms with E-state index in [0.29, 0.717) is 24.6 Å². The summed E-state index contributed by atoms with van der Waals surface area (Å²) < 4.78 is 47.4. The number of ether oxygens (including phenoxy) is 1. The fourth-order valence-electron chi connectivity index (χ4n) is 4.06. The number of piperidine rings is 1. The molecule has 1 fully saturated rings. The van der Waals surface area contributed by atoms with Crippen LogP contribution in [0.25, 0.3) is 0 Å². The van der Waals surface area contributed by atoms with Crippen LogP contribution in [0.2, 0.25) is 0 Å². The summed E-state index contributed by atoms with van der Waals surface area (Å²) >= 11 is 0. The van der Waals surface area contributed by atoms with Crippen molar-refractivity contribution < 1.29 is 22.7 Å². The van der Waals surface area contributed by atoms with Crippen LogP contribution in [0.3, 0.4) is 0 Å². The Balaban J connectivity index is 1.84. The van der Waals surface area contributed by atoms with Crippen molar-refractivity contribution in [2.45, 2.75) is 63.7 Å². The van der Waals surface area contributed by atoms with Gasteiger partial charge in [0, 0.05) is 37.7 Å². The minimum absolute atomic E-state index is 0.00228. The molecule has 0 bridgehead atoms. The van der Waals surface area contributed by atoms with E-state index in [1.165, 1.54) is 7.11 Å². The Kier molecular flexibility index (Phi) is 5.67. The molecule has 1 aromatic heterocycles. The largest absolute Gasteiger partial charge is 0.410 e. The van der Waals surface area contributed by atoms with Crippen LogP contribution in [0, 0.1) is 5.92 Å². The standard InChI is InChI=1S/C19H29F3N4O2/c1-18(2,3)14-9-16-23-13(8-15(19(20,21)22)26(16)24-14)12-6-5-7-25(10-12)17(27)11-28-4/h9,12-13,15,23H,5-8,10-11H2,1-4H3/t12?,13-,15+/m0/s1. The molecule has 0 saturated carbocycles. The molecule has 1 aromatic rings. The van der Waals surface area contributed by atoms with Gasteiger partial charge in [-0.25, -0.2) is 4.68 Å². The fraction of sp³-hybridized carbons (Fsp3) is 0.789. The van der Waals surface area contributed by atoms with Crippen LogP contribution >= 0.6 is 0 Å². The highest BCUT2D eigenvalue weighted by Crippen LogP contribution is 2.42. The van der Waals surface area contributed by atoms with E-state index >= 15 is 0 Å². The van der Waals surface area contributed by atoms with Crippen molar-refractivity contribution in [3.63, 3.8) is 0 Å². The summed E-state index contributed by atoms with van der Waals surface area (Å²) in [5.74, 6) is 0.250. The molecular formula is C19H29F3N4O2. The van der Waals surface area contributed by atoms with E-state index in [1.807, 2.05) is 20.8 Å². The number of likely N-dealkylation sites (tertiary alicyclic amines) is 1. The zero-order valence-corrected chi connectivity index (χ0v) is 16.8. The molecule has 6 nitrogen and oxygen atoms in total. The number of carbonyl (C=O) groups excluding carboxylic acids is 1. The van der Waals surface area contributed by atoms with Crippen molar-refractivity contribution in [3.05, 3.63) is 11.8 Å². The van der Waals surface area contributed by atoms with Crippen LogP contribution in [-0.2, 0) is 14.9 Å². The number of aromatic nitrogens is 2. The Bertz CT molecular complexity index is 711. The summed E-state index contributed by atoms with van der Waals surface area (Å²) in [5.41, 5.74) is 0.289. The maximum Gasteiger partial charge on any atom is 0.410 e. The molecule has 3 heterocycles. The van der Waals surface area contributed by atoms with E-state index in [4.69, 9.17) is 4.74 Å². The number of nitrogens with one attached hydrogen (secondary N) is 1. The average molecular weight is 402 g/mol. The molecule has 2 aliphatic heterocycles. The first kappa shape index (κ1) is 21.0. The third-order valence-corrected chi connectivity index (χ3v) is 5.64. The number of nitrogens with zero attached hydrogens (tertiary/aromatic N) is 3. The molecule has 0 radical (unpaired) electrons. The lowest BCUT2D eigenvalue weighted by Crippen LogP contribution is -2.49. The van der Waals surface area contributed by atoms with Gasteiger partial charge in [0.05, 0.1) is 5.69 Å². The maximum atomic E-state index is 13.8. The molecule has 0 aliphatic carbocycles. The molecule has 3 atom stereocenters. The topological polar surface area (TPSA) is 59.4 Å². The highest BCUT2D eigenvalue weighted by molar-refractivity contribution is 5.77. The number of fused-ring (bicyclic) bond motifs is 1. The van der Waals surface area contributed by atoms with Gasteiger partial charge < -0.3 is 15.0 Å². The van der Waals surface area contributed by atoms with Crippen molar-refractivity contribution in [1.29, 1.82) is 0 Å². The van der Waals surface area contributed by atoms with Gasteiger partial charge in [0.25, 0.3) is 0 Å². The molecule has 2 aliphatic rings. The average Bonchev–Trinajstić information content (AvgIpc) is 3.04. The molecular weight excluding hydrogens is 373 g/mol. The van der Waals surface area contributed by atoms with E-state index in [1.54, 1.807) is 11.0 Å². The SMILES string of the molecule is COCC(=O)N1CCCC([C@@H]2C[C@H](C(F)(F)F)n3nc(C(C)(C)C)cc3N2)C1. The van der Waals surface area contributed by atoms with Gasteiger partial charge in [0.15, 0.2) is 6.04 Å². The van der Waals surface area contributed by atoms with Gasteiger partial charge in [0.1, 0.15) is 12.4 Å². The van der Waals surface area contributed by atoms with E-state index < -0.39 is 12.2 Å². The van der Waals surface area contributed by atoms with Crippen molar-refractivity contribution in [1.82, 2.24) is 14.7 Å². The fourth-order valence-corrected chi connectivity index (χ4v) is 4.06. The molecule has 1 saturated heterocycles. The van der Waals surface area contributed by atoms with Gasteiger partial charge in [-0.1, -0.05) is 20.8 Å². The van der Waals surface area contributed by atoms with Crippen molar-refractivity contribution in [2.24, 2.45) is 5.92 Å². The summed E-state index contributed by atoms with van der Waals surface area (Å²) in [7, 11) is 1.46. The van der Waals surface area contributed by atoms with Gasteiger partial charge in [-0.3, -0.25) is 4.79 Å². The lowest BCUT2D eigenvalue weighted by Gasteiger charge is -2.41. The number of anilines is 1. The first-order valence-corrected chi connectivity index (χ1v) is 9.70. The quantitative estimate of drug-likeness (QED) is 0.842. The van der Waals surface area contributed by atoms with Gasteiger partial charge in [-0.05, 0) is 25.2 Å². The third kappa shape index (κ3) is 4.29. The van der Waals surface area contributed by atoms with Crippen LogP contribution in [0.5, 0.6) is 0 Å². The Morgan fingerprint density at radius 1 is 1.36 bits per heavy atom. The molecule has 3 rings (SSSR count).